The lowest BCUT2D eigenvalue weighted by atomic mass is 10.1. The highest BCUT2D eigenvalue weighted by Gasteiger charge is 2.32. The molecule has 21 heavy (non-hydrogen) atoms. The molecule has 0 atom stereocenters. The molecule has 1 aliphatic carbocycles. The number of nitrogen functional groups attached to an aromatic ring is 1. The van der Waals surface area contributed by atoms with Gasteiger partial charge in [0.25, 0.3) is 5.91 Å². The summed E-state index contributed by atoms with van der Waals surface area (Å²) in [5.41, 5.74) is 8.07. The molecule has 0 radical (unpaired) electrons. The molecule has 0 unspecified atom stereocenters. The van der Waals surface area contributed by atoms with Crippen LogP contribution in [0.2, 0.25) is 0 Å². The van der Waals surface area contributed by atoms with E-state index in [0.717, 1.165) is 37.9 Å². The fourth-order valence-electron chi connectivity index (χ4n) is 2.87. The Morgan fingerprint density at radius 1 is 1.38 bits per heavy atom. The van der Waals surface area contributed by atoms with Crippen molar-refractivity contribution in [3.05, 3.63) is 11.4 Å². The molecule has 1 amide bonds. The summed E-state index contributed by atoms with van der Waals surface area (Å²) < 4.78 is 0. The third-order valence-electron chi connectivity index (χ3n) is 4.23. The predicted octanol–water partition coefficient (Wildman–Crippen LogP) is 3.16. The van der Waals surface area contributed by atoms with Crippen molar-refractivity contribution < 1.29 is 4.79 Å². The molecule has 5 heteroatoms. The van der Waals surface area contributed by atoms with E-state index in [-0.39, 0.29) is 11.9 Å². The van der Waals surface area contributed by atoms with Gasteiger partial charge in [-0.25, -0.2) is 0 Å². The molecule has 3 N–H and O–H groups in total. The standard InChI is InChI=1S/C16H28N4O/c1-5-12(6-2)20(9-10(3)4)16(21)15-13(17)14(18-19-15)11-7-8-11/h10-12H,5-9,17H2,1-4H3,(H,18,19). The number of amides is 1. The summed E-state index contributed by atoms with van der Waals surface area (Å²) in [7, 11) is 0. The molecule has 1 saturated carbocycles. The number of aromatic amines is 1. The van der Waals surface area contributed by atoms with Gasteiger partial charge in [0, 0.05) is 18.5 Å². The maximum atomic E-state index is 12.9. The van der Waals surface area contributed by atoms with E-state index in [1.807, 2.05) is 4.90 Å². The zero-order valence-corrected chi connectivity index (χ0v) is 13.6. The van der Waals surface area contributed by atoms with E-state index in [4.69, 9.17) is 5.73 Å². The average molecular weight is 292 g/mol. The Bertz CT molecular complexity index is 486. The summed E-state index contributed by atoms with van der Waals surface area (Å²) in [6.07, 6.45) is 4.19. The fourth-order valence-corrected chi connectivity index (χ4v) is 2.87. The molecular formula is C16H28N4O. The molecule has 2 rings (SSSR count). The Morgan fingerprint density at radius 3 is 2.48 bits per heavy atom. The third kappa shape index (κ3) is 3.39. The van der Waals surface area contributed by atoms with E-state index in [2.05, 4.69) is 37.9 Å². The van der Waals surface area contributed by atoms with Crippen LogP contribution in [0.15, 0.2) is 0 Å². The third-order valence-corrected chi connectivity index (χ3v) is 4.23. The minimum atomic E-state index is -0.0296. The molecule has 0 bridgehead atoms. The highest BCUT2D eigenvalue weighted by atomic mass is 16.2. The minimum Gasteiger partial charge on any atom is -0.395 e. The topological polar surface area (TPSA) is 75.0 Å². The summed E-state index contributed by atoms with van der Waals surface area (Å²) in [5, 5.41) is 7.19. The molecule has 0 aromatic carbocycles. The minimum absolute atomic E-state index is 0.0296. The van der Waals surface area contributed by atoms with E-state index in [0.29, 0.717) is 23.2 Å². The molecule has 0 spiro atoms. The number of rotatable bonds is 7. The highest BCUT2D eigenvalue weighted by molar-refractivity contribution is 5.98. The average Bonchev–Trinajstić information content (AvgIpc) is 3.21. The van der Waals surface area contributed by atoms with Gasteiger partial charge >= 0.3 is 0 Å². The normalized spacial score (nSPS) is 15.0. The summed E-state index contributed by atoms with van der Waals surface area (Å²) in [6.45, 7) is 9.26. The number of H-pyrrole nitrogens is 1. The van der Waals surface area contributed by atoms with Crippen molar-refractivity contribution in [3.63, 3.8) is 0 Å². The first kappa shape index (κ1) is 15.9. The van der Waals surface area contributed by atoms with Crippen LogP contribution in [0.5, 0.6) is 0 Å². The lowest BCUT2D eigenvalue weighted by molar-refractivity contribution is 0.0635. The lowest BCUT2D eigenvalue weighted by Crippen LogP contribution is -2.42. The molecule has 5 nitrogen and oxygen atoms in total. The molecule has 0 saturated heterocycles. The van der Waals surface area contributed by atoms with Gasteiger partial charge < -0.3 is 10.6 Å². The zero-order chi connectivity index (χ0) is 15.6. The molecular weight excluding hydrogens is 264 g/mol. The van der Waals surface area contributed by atoms with Crippen LogP contribution in [-0.4, -0.2) is 33.6 Å². The predicted molar refractivity (Wildman–Crippen MR) is 85.2 cm³/mol. The van der Waals surface area contributed by atoms with Crippen molar-refractivity contribution in [3.8, 4) is 0 Å². The number of nitrogens with one attached hydrogen (secondary N) is 1. The number of nitrogens with two attached hydrogens (primary N) is 1. The largest absolute Gasteiger partial charge is 0.395 e. The number of aromatic nitrogens is 2. The van der Waals surface area contributed by atoms with Gasteiger partial charge in [-0.15, -0.1) is 0 Å². The Balaban J connectivity index is 2.24. The second kappa shape index (κ2) is 6.50. The van der Waals surface area contributed by atoms with Gasteiger partial charge in [0.05, 0.1) is 11.4 Å². The summed E-state index contributed by atoms with van der Waals surface area (Å²) in [4.78, 5) is 14.8. The molecule has 1 aliphatic rings. The molecule has 1 aromatic heterocycles. The van der Waals surface area contributed by atoms with Gasteiger partial charge in [0.15, 0.2) is 5.69 Å². The number of carbonyl (C=O) groups is 1. The zero-order valence-electron chi connectivity index (χ0n) is 13.6. The number of carbonyl (C=O) groups excluding carboxylic acids is 1. The maximum Gasteiger partial charge on any atom is 0.276 e. The van der Waals surface area contributed by atoms with Crippen LogP contribution in [0.1, 0.15) is 75.5 Å². The molecule has 1 heterocycles. The highest BCUT2D eigenvalue weighted by Crippen LogP contribution is 2.42. The van der Waals surface area contributed by atoms with E-state index >= 15 is 0 Å². The summed E-state index contributed by atoms with van der Waals surface area (Å²) in [5.74, 6) is 0.876. The van der Waals surface area contributed by atoms with Crippen LogP contribution in [0, 0.1) is 5.92 Å². The Hall–Kier alpha value is -1.52. The van der Waals surface area contributed by atoms with Crippen LogP contribution in [0.3, 0.4) is 0 Å². The van der Waals surface area contributed by atoms with Crippen LogP contribution in [0.4, 0.5) is 5.69 Å². The van der Waals surface area contributed by atoms with Gasteiger partial charge in [-0.05, 0) is 31.6 Å². The quantitative estimate of drug-likeness (QED) is 0.810. The smallest absolute Gasteiger partial charge is 0.276 e. The van der Waals surface area contributed by atoms with Crippen molar-refractivity contribution in [1.29, 1.82) is 0 Å². The second-order valence-electron chi connectivity index (χ2n) is 6.50. The van der Waals surface area contributed by atoms with E-state index in [1.54, 1.807) is 0 Å². The van der Waals surface area contributed by atoms with Crippen LogP contribution < -0.4 is 5.73 Å². The van der Waals surface area contributed by atoms with Gasteiger partial charge in [-0.1, -0.05) is 27.7 Å². The number of hydrogen-bond acceptors (Lipinski definition) is 3. The lowest BCUT2D eigenvalue weighted by Gasteiger charge is -2.31. The van der Waals surface area contributed by atoms with Gasteiger partial charge in [-0.2, -0.15) is 5.10 Å². The van der Waals surface area contributed by atoms with Gasteiger partial charge in [0.2, 0.25) is 0 Å². The second-order valence-corrected chi connectivity index (χ2v) is 6.50. The van der Waals surface area contributed by atoms with Crippen molar-refractivity contribution in [1.82, 2.24) is 15.1 Å². The van der Waals surface area contributed by atoms with E-state index < -0.39 is 0 Å². The van der Waals surface area contributed by atoms with Crippen molar-refractivity contribution in [2.24, 2.45) is 5.92 Å². The first-order valence-corrected chi connectivity index (χ1v) is 8.14. The first-order valence-electron chi connectivity index (χ1n) is 8.14. The number of anilines is 1. The van der Waals surface area contributed by atoms with Crippen LogP contribution in [0.25, 0.3) is 0 Å². The van der Waals surface area contributed by atoms with Crippen molar-refractivity contribution in [2.45, 2.75) is 65.3 Å². The first-order chi connectivity index (χ1) is 9.99. The SMILES string of the molecule is CCC(CC)N(CC(C)C)C(=O)c1n[nH]c(C2CC2)c1N. The van der Waals surface area contributed by atoms with E-state index in [9.17, 15) is 4.79 Å². The maximum absolute atomic E-state index is 12.9. The molecule has 118 valence electrons. The fraction of sp³-hybridized carbons (Fsp3) is 0.750. The van der Waals surface area contributed by atoms with Gasteiger partial charge in [-0.3, -0.25) is 9.89 Å². The molecule has 1 aromatic rings. The number of nitrogens with zero attached hydrogens (tertiary/aromatic N) is 2. The Labute approximate surface area is 127 Å². The van der Waals surface area contributed by atoms with Crippen LogP contribution >= 0.6 is 0 Å². The van der Waals surface area contributed by atoms with Crippen molar-refractivity contribution >= 4 is 11.6 Å². The Kier molecular flexibility index (Phi) is 4.91. The summed E-state index contributed by atoms with van der Waals surface area (Å²) in [6, 6.07) is 0.250. The summed E-state index contributed by atoms with van der Waals surface area (Å²) >= 11 is 0. The number of hydrogen-bond donors (Lipinski definition) is 2. The van der Waals surface area contributed by atoms with Crippen molar-refractivity contribution in [2.75, 3.05) is 12.3 Å². The van der Waals surface area contributed by atoms with Crippen LogP contribution in [-0.2, 0) is 0 Å². The Morgan fingerprint density at radius 2 is 2.00 bits per heavy atom. The van der Waals surface area contributed by atoms with Gasteiger partial charge in [0.1, 0.15) is 0 Å². The monoisotopic (exact) mass is 292 g/mol. The molecule has 1 fully saturated rings. The van der Waals surface area contributed by atoms with E-state index in [1.165, 1.54) is 0 Å². The molecule has 0 aliphatic heterocycles.